The maximum atomic E-state index is 12.1. The Balaban J connectivity index is 1.64. The third kappa shape index (κ3) is 6.18. The number of halogens is 1. The third-order valence-electron chi connectivity index (χ3n) is 4.07. The molecule has 24 heavy (non-hydrogen) atoms. The molecule has 2 amide bonds. The average Bonchev–Trinajstić information content (AvgIpc) is 2.54. The van der Waals surface area contributed by atoms with Gasteiger partial charge in [0.25, 0.3) is 0 Å². The Bertz CT molecular complexity index is 653. The van der Waals surface area contributed by atoms with E-state index in [1.807, 2.05) is 24.3 Å². The van der Waals surface area contributed by atoms with E-state index >= 15 is 0 Å². The number of sulfone groups is 1. The first-order chi connectivity index (χ1) is 11.4. The van der Waals surface area contributed by atoms with Gasteiger partial charge in [-0.25, -0.2) is 13.2 Å². The van der Waals surface area contributed by atoms with Crippen LogP contribution in [0.3, 0.4) is 0 Å². The second-order valence-electron chi connectivity index (χ2n) is 5.91. The largest absolute Gasteiger partial charge is 0.337 e. The number of hydrogen-bond acceptors (Lipinski definition) is 4. The Kier molecular flexibility index (Phi) is 7.25. The molecule has 0 aliphatic carbocycles. The number of hydrogen-bond donors (Lipinski definition) is 1. The van der Waals surface area contributed by atoms with Crippen molar-refractivity contribution in [2.24, 2.45) is 0 Å². The van der Waals surface area contributed by atoms with Crippen LogP contribution in [0.1, 0.15) is 18.4 Å². The minimum Gasteiger partial charge on any atom is -0.337 e. The van der Waals surface area contributed by atoms with Crippen LogP contribution in [0.25, 0.3) is 0 Å². The lowest BCUT2D eigenvalue weighted by Crippen LogP contribution is -2.47. The zero-order valence-corrected chi connectivity index (χ0v) is 16.1. The summed E-state index contributed by atoms with van der Waals surface area (Å²) in [6, 6.07) is 7.62. The van der Waals surface area contributed by atoms with Gasteiger partial charge in [0, 0.05) is 36.2 Å². The molecule has 0 radical (unpaired) electrons. The van der Waals surface area contributed by atoms with Crippen LogP contribution in [0.2, 0.25) is 5.02 Å². The van der Waals surface area contributed by atoms with Gasteiger partial charge in [0.1, 0.15) is 9.84 Å². The second-order valence-corrected chi connectivity index (χ2v) is 9.75. The van der Waals surface area contributed by atoms with Gasteiger partial charge in [0.15, 0.2) is 0 Å². The van der Waals surface area contributed by atoms with E-state index in [1.165, 1.54) is 5.56 Å². The van der Waals surface area contributed by atoms with Gasteiger partial charge in [0.2, 0.25) is 0 Å². The number of nitrogens with zero attached hydrogens (tertiary/aromatic N) is 1. The first-order valence-electron chi connectivity index (χ1n) is 7.91. The number of urea groups is 1. The van der Waals surface area contributed by atoms with Crippen LogP contribution in [0.4, 0.5) is 4.79 Å². The monoisotopic (exact) mass is 390 g/mol. The van der Waals surface area contributed by atoms with Crippen LogP contribution in [-0.4, -0.2) is 56.2 Å². The number of carbonyl (C=O) groups is 1. The average molecular weight is 391 g/mol. The molecule has 0 saturated carbocycles. The van der Waals surface area contributed by atoms with Crippen molar-refractivity contribution in [1.29, 1.82) is 0 Å². The normalized spacial score (nSPS) is 17.4. The molecule has 0 aromatic heterocycles. The molecule has 0 atom stereocenters. The highest BCUT2D eigenvalue weighted by atomic mass is 35.5. The molecule has 134 valence electrons. The number of nitrogens with one attached hydrogen (secondary N) is 1. The Morgan fingerprint density at radius 1 is 1.38 bits per heavy atom. The molecule has 1 saturated heterocycles. The summed E-state index contributed by atoms with van der Waals surface area (Å²) < 4.78 is 22.9. The van der Waals surface area contributed by atoms with Crippen LogP contribution < -0.4 is 5.32 Å². The number of rotatable bonds is 6. The van der Waals surface area contributed by atoms with Gasteiger partial charge in [0.05, 0.1) is 11.5 Å². The summed E-state index contributed by atoms with van der Waals surface area (Å²) in [6.45, 7) is 0.583. The predicted octanol–water partition coefficient (Wildman–Crippen LogP) is 2.79. The number of carbonyl (C=O) groups excluding carboxylic acids is 1. The number of amides is 2. The fraction of sp³-hybridized carbons (Fsp3) is 0.562. The molecule has 8 heteroatoms. The van der Waals surface area contributed by atoms with Gasteiger partial charge in [-0.2, -0.15) is 11.8 Å². The quantitative estimate of drug-likeness (QED) is 0.758. The van der Waals surface area contributed by atoms with Gasteiger partial charge in [-0.1, -0.05) is 23.7 Å². The van der Waals surface area contributed by atoms with E-state index < -0.39 is 9.84 Å². The summed E-state index contributed by atoms with van der Waals surface area (Å²) in [4.78, 5) is 13.8. The van der Waals surface area contributed by atoms with Gasteiger partial charge in [-0.05, 0) is 30.5 Å². The molecule has 5 nitrogen and oxygen atoms in total. The van der Waals surface area contributed by atoms with Crippen LogP contribution in [0.5, 0.6) is 0 Å². The standard InChI is InChI=1S/C16H23ClN2O3S2/c1-19(15-5-9-24(21,22)10-6-15)16(20)18-7-8-23-12-13-3-2-4-14(17)11-13/h2-4,11,15H,5-10,12H2,1H3,(H,18,20). The third-order valence-corrected chi connectivity index (χ3v) is 7.05. The summed E-state index contributed by atoms with van der Waals surface area (Å²) >= 11 is 7.68. The SMILES string of the molecule is CN(C(=O)NCCSCc1cccc(Cl)c1)C1CCS(=O)(=O)CC1. The molecule has 0 bridgehead atoms. The van der Waals surface area contributed by atoms with Crippen LogP contribution in [0, 0.1) is 0 Å². The van der Waals surface area contributed by atoms with Crippen molar-refractivity contribution in [2.45, 2.75) is 24.6 Å². The topological polar surface area (TPSA) is 66.5 Å². The fourth-order valence-corrected chi connectivity index (χ4v) is 5.09. The van der Waals surface area contributed by atoms with Gasteiger partial charge in [-0.15, -0.1) is 0 Å². The summed E-state index contributed by atoms with van der Waals surface area (Å²) in [5.41, 5.74) is 1.17. The van der Waals surface area contributed by atoms with Crippen molar-refractivity contribution in [3.63, 3.8) is 0 Å². The molecule has 1 N–H and O–H groups in total. The van der Waals surface area contributed by atoms with Crippen LogP contribution >= 0.6 is 23.4 Å². The van der Waals surface area contributed by atoms with Crippen molar-refractivity contribution < 1.29 is 13.2 Å². The smallest absolute Gasteiger partial charge is 0.317 e. The molecule has 0 spiro atoms. The summed E-state index contributed by atoms with van der Waals surface area (Å²) in [5.74, 6) is 2.01. The molecule has 1 heterocycles. The molecular formula is C16H23ClN2O3S2. The van der Waals surface area contributed by atoms with E-state index in [2.05, 4.69) is 5.32 Å². The van der Waals surface area contributed by atoms with E-state index in [4.69, 9.17) is 11.6 Å². The van der Waals surface area contributed by atoms with Crippen molar-refractivity contribution in [1.82, 2.24) is 10.2 Å². The molecular weight excluding hydrogens is 368 g/mol. The molecule has 1 aliphatic rings. The predicted molar refractivity (Wildman–Crippen MR) is 100 cm³/mol. The zero-order valence-electron chi connectivity index (χ0n) is 13.7. The maximum absolute atomic E-state index is 12.1. The molecule has 2 rings (SSSR count). The van der Waals surface area contributed by atoms with E-state index in [0.29, 0.717) is 19.4 Å². The zero-order chi connectivity index (χ0) is 17.6. The summed E-state index contributed by atoms with van der Waals surface area (Å²) in [6.07, 6.45) is 1.05. The Morgan fingerprint density at radius 3 is 2.75 bits per heavy atom. The maximum Gasteiger partial charge on any atom is 0.317 e. The highest BCUT2D eigenvalue weighted by Crippen LogP contribution is 2.18. The van der Waals surface area contributed by atoms with Gasteiger partial charge >= 0.3 is 6.03 Å². The molecule has 1 aliphatic heterocycles. The summed E-state index contributed by atoms with van der Waals surface area (Å²) in [7, 11) is -1.17. The first-order valence-corrected chi connectivity index (χ1v) is 11.3. The highest BCUT2D eigenvalue weighted by Gasteiger charge is 2.28. The lowest BCUT2D eigenvalue weighted by Gasteiger charge is -2.31. The van der Waals surface area contributed by atoms with Crippen molar-refractivity contribution in [3.05, 3.63) is 34.9 Å². The van der Waals surface area contributed by atoms with Crippen LogP contribution in [-0.2, 0) is 15.6 Å². The Hall–Kier alpha value is -0.920. The van der Waals surface area contributed by atoms with Crippen molar-refractivity contribution in [3.8, 4) is 0 Å². The molecule has 1 aromatic rings. The minimum atomic E-state index is -2.90. The van der Waals surface area contributed by atoms with Crippen LogP contribution in [0.15, 0.2) is 24.3 Å². The lowest BCUT2D eigenvalue weighted by molar-refractivity contribution is 0.186. The highest BCUT2D eigenvalue weighted by molar-refractivity contribution is 7.98. The van der Waals surface area contributed by atoms with Crippen molar-refractivity contribution in [2.75, 3.05) is 30.9 Å². The van der Waals surface area contributed by atoms with Gasteiger partial charge < -0.3 is 10.2 Å². The van der Waals surface area contributed by atoms with Gasteiger partial charge in [-0.3, -0.25) is 0 Å². The Labute approximate surface area is 153 Å². The number of thioether (sulfide) groups is 1. The van der Waals surface area contributed by atoms with E-state index in [9.17, 15) is 13.2 Å². The Morgan fingerprint density at radius 2 is 2.08 bits per heavy atom. The van der Waals surface area contributed by atoms with E-state index in [-0.39, 0.29) is 23.6 Å². The lowest BCUT2D eigenvalue weighted by atomic mass is 10.1. The van der Waals surface area contributed by atoms with Crippen molar-refractivity contribution >= 4 is 39.2 Å². The van der Waals surface area contributed by atoms with E-state index in [0.717, 1.165) is 16.5 Å². The molecule has 0 unspecified atom stereocenters. The second kappa shape index (κ2) is 8.97. The molecule has 1 fully saturated rings. The fourth-order valence-electron chi connectivity index (χ4n) is 2.60. The summed E-state index contributed by atoms with van der Waals surface area (Å²) in [5, 5.41) is 3.62. The molecule has 1 aromatic carbocycles. The minimum absolute atomic E-state index is 0.00707. The first kappa shape index (κ1) is 19.4. The van der Waals surface area contributed by atoms with E-state index in [1.54, 1.807) is 23.7 Å². The number of benzene rings is 1.